The summed E-state index contributed by atoms with van der Waals surface area (Å²) in [5.41, 5.74) is 6.57. The molecular weight excluding hydrogens is 292 g/mol. The van der Waals surface area contributed by atoms with Crippen molar-refractivity contribution in [2.75, 3.05) is 20.2 Å². The monoisotopic (exact) mass is 318 g/mol. The predicted octanol–water partition coefficient (Wildman–Crippen LogP) is 2.13. The summed E-state index contributed by atoms with van der Waals surface area (Å²) in [7, 11) is 1.66. The van der Waals surface area contributed by atoms with Crippen LogP contribution in [0.15, 0.2) is 24.3 Å². The van der Waals surface area contributed by atoms with Crippen LogP contribution >= 0.6 is 0 Å². The minimum Gasteiger partial charge on any atom is -0.497 e. The van der Waals surface area contributed by atoms with Gasteiger partial charge in [0.15, 0.2) is 0 Å². The third-order valence-electron chi connectivity index (χ3n) is 4.52. The van der Waals surface area contributed by atoms with Gasteiger partial charge < -0.3 is 15.4 Å². The van der Waals surface area contributed by atoms with Crippen LogP contribution in [0.2, 0.25) is 0 Å². The lowest BCUT2D eigenvalue weighted by Gasteiger charge is -2.30. The van der Waals surface area contributed by atoms with Crippen molar-refractivity contribution in [3.05, 3.63) is 29.8 Å². The average Bonchev–Trinajstić information content (AvgIpc) is 2.59. The normalized spacial score (nSPS) is 15.4. The minimum atomic E-state index is -0.239. The second kappa shape index (κ2) is 8.56. The number of nitrogens with zero attached hydrogens (tertiary/aromatic N) is 1. The van der Waals surface area contributed by atoms with Crippen LogP contribution in [-0.4, -0.2) is 36.9 Å². The lowest BCUT2D eigenvalue weighted by molar-refractivity contribution is -0.135. The number of nitrogens with two attached hydrogens (primary N) is 1. The van der Waals surface area contributed by atoms with E-state index in [0.29, 0.717) is 32.4 Å². The number of carbonyl (C=O) groups excluding carboxylic acids is 2. The second-order valence-electron chi connectivity index (χ2n) is 6.11. The molecule has 2 amide bonds. The minimum absolute atomic E-state index is 0.0610. The third kappa shape index (κ3) is 5.27. The van der Waals surface area contributed by atoms with Crippen molar-refractivity contribution in [3.8, 4) is 5.75 Å². The van der Waals surface area contributed by atoms with Crippen LogP contribution in [0.4, 0.5) is 0 Å². The molecule has 1 aromatic rings. The molecule has 126 valence electrons. The summed E-state index contributed by atoms with van der Waals surface area (Å²) in [4.78, 5) is 25.2. The molecule has 0 aromatic heterocycles. The van der Waals surface area contributed by atoms with Gasteiger partial charge in [-0.3, -0.25) is 9.59 Å². The highest BCUT2D eigenvalue weighted by Crippen LogP contribution is 2.18. The molecule has 0 atom stereocenters. The second-order valence-corrected chi connectivity index (χ2v) is 6.11. The molecule has 5 nitrogen and oxygen atoms in total. The fourth-order valence-corrected chi connectivity index (χ4v) is 2.97. The highest BCUT2D eigenvalue weighted by atomic mass is 16.5. The van der Waals surface area contributed by atoms with E-state index in [4.69, 9.17) is 10.5 Å². The summed E-state index contributed by atoms with van der Waals surface area (Å²) in [6.45, 7) is 1.32. The number of amides is 2. The number of piperidine rings is 1. The number of methoxy groups -OCH3 is 1. The Morgan fingerprint density at radius 3 is 2.39 bits per heavy atom. The van der Waals surface area contributed by atoms with Gasteiger partial charge in [0.1, 0.15) is 5.75 Å². The number of aryl methyl sites for hydroxylation is 1. The number of unbranched alkanes of at least 4 members (excludes halogenated alkanes) is 1. The molecule has 1 aromatic carbocycles. The van der Waals surface area contributed by atoms with Gasteiger partial charge in [0.2, 0.25) is 11.8 Å². The Balaban J connectivity index is 1.64. The Morgan fingerprint density at radius 1 is 1.17 bits per heavy atom. The number of carbonyl (C=O) groups is 2. The van der Waals surface area contributed by atoms with E-state index < -0.39 is 0 Å². The van der Waals surface area contributed by atoms with Crippen molar-refractivity contribution < 1.29 is 14.3 Å². The molecule has 23 heavy (non-hydrogen) atoms. The lowest BCUT2D eigenvalue weighted by Crippen LogP contribution is -2.41. The largest absolute Gasteiger partial charge is 0.497 e. The van der Waals surface area contributed by atoms with Gasteiger partial charge in [-0.1, -0.05) is 12.1 Å². The molecule has 0 bridgehead atoms. The van der Waals surface area contributed by atoms with Gasteiger partial charge in [-0.25, -0.2) is 0 Å². The molecule has 0 aliphatic carbocycles. The molecule has 1 aliphatic heterocycles. The number of ether oxygens (including phenoxy) is 1. The van der Waals surface area contributed by atoms with E-state index in [0.717, 1.165) is 25.0 Å². The molecular formula is C18H26N2O3. The van der Waals surface area contributed by atoms with Crippen LogP contribution in [0, 0.1) is 5.92 Å². The summed E-state index contributed by atoms with van der Waals surface area (Å²) >= 11 is 0. The summed E-state index contributed by atoms with van der Waals surface area (Å²) in [6.07, 6.45) is 4.84. The number of primary amides is 1. The predicted molar refractivity (Wildman–Crippen MR) is 89.0 cm³/mol. The van der Waals surface area contributed by atoms with E-state index >= 15 is 0 Å². The molecule has 0 saturated carbocycles. The van der Waals surface area contributed by atoms with E-state index in [1.165, 1.54) is 5.56 Å². The van der Waals surface area contributed by atoms with Crippen molar-refractivity contribution in [1.82, 2.24) is 4.90 Å². The van der Waals surface area contributed by atoms with E-state index in [1.54, 1.807) is 7.11 Å². The maximum absolute atomic E-state index is 12.2. The first-order valence-electron chi connectivity index (χ1n) is 8.30. The summed E-state index contributed by atoms with van der Waals surface area (Å²) in [5, 5.41) is 0. The topological polar surface area (TPSA) is 72.6 Å². The van der Waals surface area contributed by atoms with Gasteiger partial charge in [0.25, 0.3) is 0 Å². The first kappa shape index (κ1) is 17.3. The van der Waals surface area contributed by atoms with Crippen LogP contribution in [0.25, 0.3) is 0 Å². The van der Waals surface area contributed by atoms with Gasteiger partial charge in [0.05, 0.1) is 7.11 Å². The van der Waals surface area contributed by atoms with Gasteiger partial charge in [0, 0.05) is 25.4 Å². The number of likely N-dealkylation sites (tertiary alicyclic amines) is 1. The fourth-order valence-electron chi connectivity index (χ4n) is 2.97. The summed E-state index contributed by atoms with van der Waals surface area (Å²) in [5.74, 6) is 0.761. The summed E-state index contributed by atoms with van der Waals surface area (Å²) in [6, 6.07) is 8.05. The number of hydrogen-bond acceptors (Lipinski definition) is 3. The van der Waals surface area contributed by atoms with Crippen molar-refractivity contribution in [1.29, 1.82) is 0 Å². The number of benzene rings is 1. The number of rotatable bonds is 7. The quantitative estimate of drug-likeness (QED) is 0.783. The first-order valence-corrected chi connectivity index (χ1v) is 8.30. The molecule has 2 N–H and O–H groups in total. The van der Waals surface area contributed by atoms with Crippen molar-refractivity contribution >= 4 is 11.8 Å². The van der Waals surface area contributed by atoms with Crippen LogP contribution in [-0.2, 0) is 16.0 Å². The lowest BCUT2D eigenvalue weighted by atomic mass is 9.96. The van der Waals surface area contributed by atoms with Crippen molar-refractivity contribution in [2.24, 2.45) is 11.7 Å². The van der Waals surface area contributed by atoms with Gasteiger partial charge in [-0.05, 0) is 49.8 Å². The summed E-state index contributed by atoms with van der Waals surface area (Å²) < 4.78 is 5.14. The molecule has 1 aliphatic rings. The number of hydrogen-bond donors (Lipinski definition) is 1. The fraction of sp³-hybridized carbons (Fsp3) is 0.556. The van der Waals surface area contributed by atoms with E-state index in [9.17, 15) is 9.59 Å². The maximum Gasteiger partial charge on any atom is 0.222 e. The van der Waals surface area contributed by atoms with Crippen molar-refractivity contribution in [2.45, 2.75) is 38.5 Å². The maximum atomic E-state index is 12.2. The molecule has 0 spiro atoms. The van der Waals surface area contributed by atoms with E-state index in [1.807, 2.05) is 17.0 Å². The zero-order valence-corrected chi connectivity index (χ0v) is 13.8. The Labute approximate surface area is 137 Å². The van der Waals surface area contributed by atoms with Crippen LogP contribution < -0.4 is 10.5 Å². The highest BCUT2D eigenvalue weighted by molar-refractivity contribution is 5.78. The average molecular weight is 318 g/mol. The Bertz CT molecular complexity index is 520. The van der Waals surface area contributed by atoms with Crippen LogP contribution in [0.5, 0.6) is 5.75 Å². The van der Waals surface area contributed by atoms with Crippen LogP contribution in [0.3, 0.4) is 0 Å². The smallest absolute Gasteiger partial charge is 0.222 e. The van der Waals surface area contributed by atoms with E-state index in [2.05, 4.69) is 12.1 Å². The van der Waals surface area contributed by atoms with E-state index in [-0.39, 0.29) is 17.7 Å². The zero-order valence-electron chi connectivity index (χ0n) is 13.8. The van der Waals surface area contributed by atoms with Gasteiger partial charge in [-0.15, -0.1) is 0 Å². The Hall–Kier alpha value is -2.04. The molecule has 5 heteroatoms. The molecule has 0 unspecified atom stereocenters. The standard InChI is InChI=1S/C18H26N2O3/c1-23-16-8-6-14(7-9-16)4-2-3-5-17(21)20-12-10-15(11-13-20)18(19)22/h6-9,15H,2-5,10-13H2,1H3,(H2,19,22). The molecule has 1 heterocycles. The Kier molecular flexibility index (Phi) is 6.44. The van der Waals surface area contributed by atoms with Gasteiger partial charge in [-0.2, -0.15) is 0 Å². The zero-order chi connectivity index (χ0) is 16.7. The highest BCUT2D eigenvalue weighted by Gasteiger charge is 2.25. The van der Waals surface area contributed by atoms with Crippen LogP contribution in [0.1, 0.15) is 37.7 Å². The van der Waals surface area contributed by atoms with Crippen molar-refractivity contribution in [3.63, 3.8) is 0 Å². The Morgan fingerprint density at radius 2 is 1.83 bits per heavy atom. The SMILES string of the molecule is COc1ccc(CCCCC(=O)N2CCC(C(N)=O)CC2)cc1. The van der Waals surface area contributed by atoms with Gasteiger partial charge >= 0.3 is 0 Å². The molecule has 1 fully saturated rings. The third-order valence-corrected chi connectivity index (χ3v) is 4.52. The molecule has 1 saturated heterocycles. The molecule has 0 radical (unpaired) electrons. The molecule has 2 rings (SSSR count). The first-order chi connectivity index (χ1) is 11.1.